The normalized spacial score (nSPS) is 32.3. The molecule has 0 aromatic rings. The first-order chi connectivity index (χ1) is 6.99. The van der Waals surface area contributed by atoms with Gasteiger partial charge in [-0.25, -0.2) is 4.79 Å². The van der Waals surface area contributed by atoms with E-state index in [0.717, 1.165) is 0 Å². The first-order valence-corrected chi connectivity index (χ1v) is 5.14. The summed E-state index contributed by atoms with van der Waals surface area (Å²) in [6, 6.07) is -0.628. The average Bonchev–Trinajstić information content (AvgIpc) is 2.42. The number of aliphatic hydroxyl groups excluding tert-OH is 1. The van der Waals surface area contributed by atoms with Crippen LogP contribution in [-0.4, -0.2) is 35.7 Å². The first kappa shape index (κ1) is 12.0. The third-order valence-electron chi connectivity index (χ3n) is 2.75. The van der Waals surface area contributed by atoms with E-state index in [9.17, 15) is 14.7 Å². The van der Waals surface area contributed by atoms with Crippen LogP contribution in [0.5, 0.6) is 0 Å². The summed E-state index contributed by atoms with van der Waals surface area (Å²) in [7, 11) is 0. The summed E-state index contributed by atoms with van der Waals surface area (Å²) in [4.78, 5) is 22.9. The monoisotopic (exact) mass is 215 g/mol. The van der Waals surface area contributed by atoms with Crippen LogP contribution < -0.4 is 5.32 Å². The van der Waals surface area contributed by atoms with Crippen LogP contribution >= 0.6 is 0 Å². The highest BCUT2D eigenvalue weighted by Gasteiger charge is 2.45. The summed E-state index contributed by atoms with van der Waals surface area (Å²) >= 11 is 0. The molecule has 0 aromatic carbocycles. The largest absolute Gasteiger partial charge is 0.464 e. The van der Waals surface area contributed by atoms with Crippen molar-refractivity contribution in [1.82, 2.24) is 5.32 Å². The van der Waals surface area contributed by atoms with Gasteiger partial charge in [-0.3, -0.25) is 4.79 Å². The number of amides is 1. The summed E-state index contributed by atoms with van der Waals surface area (Å²) in [5.41, 5.74) is 0. The Kier molecular flexibility index (Phi) is 3.68. The van der Waals surface area contributed by atoms with Crippen LogP contribution in [0, 0.1) is 11.8 Å². The van der Waals surface area contributed by atoms with E-state index in [1.165, 1.54) is 0 Å². The lowest BCUT2D eigenvalue weighted by atomic mass is 9.88. The van der Waals surface area contributed by atoms with Crippen LogP contribution in [0.15, 0.2) is 0 Å². The second kappa shape index (κ2) is 4.61. The number of ether oxygens (including phenoxy) is 1. The van der Waals surface area contributed by atoms with Gasteiger partial charge in [0.15, 0.2) is 0 Å². The molecule has 1 aliphatic heterocycles. The van der Waals surface area contributed by atoms with Crippen LogP contribution in [0.1, 0.15) is 20.8 Å². The van der Waals surface area contributed by atoms with E-state index in [4.69, 9.17) is 4.74 Å². The molecule has 0 aromatic heterocycles. The van der Waals surface area contributed by atoms with Crippen LogP contribution in [0.25, 0.3) is 0 Å². The summed E-state index contributed by atoms with van der Waals surface area (Å²) in [5, 5.41) is 12.0. The lowest BCUT2D eigenvalue weighted by Crippen LogP contribution is -2.37. The number of aliphatic hydroxyl groups is 1. The van der Waals surface area contributed by atoms with Crippen molar-refractivity contribution in [1.29, 1.82) is 0 Å². The fourth-order valence-electron chi connectivity index (χ4n) is 1.99. The number of hydrogen-bond donors (Lipinski definition) is 2. The lowest BCUT2D eigenvalue weighted by molar-refractivity contribution is -0.146. The zero-order chi connectivity index (χ0) is 11.6. The molecule has 1 saturated heterocycles. The Morgan fingerprint density at radius 1 is 1.67 bits per heavy atom. The van der Waals surface area contributed by atoms with Crippen LogP contribution in [0.2, 0.25) is 0 Å². The highest BCUT2D eigenvalue weighted by Crippen LogP contribution is 2.26. The number of nitrogens with one attached hydrogen (secondary N) is 1. The Morgan fingerprint density at radius 2 is 2.27 bits per heavy atom. The highest BCUT2D eigenvalue weighted by atomic mass is 16.5. The molecule has 1 amide bonds. The lowest BCUT2D eigenvalue weighted by Gasteiger charge is -2.18. The van der Waals surface area contributed by atoms with Gasteiger partial charge < -0.3 is 15.2 Å². The zero-order valence-electron chi connectivity index (χ0n) is 9.19. The maximum absolute atomic E-state index is 11.5. The summed E-state index contributed by atoms with van der Waals surface area (Å²) in [5.74, 6) is -1.48. The van der Waals surface area contributed by atoms with Gasteiger partial charge in [-0.1, -0.05) is 6.92 Å². The summed E-state index contributed by atoms with van der Waals surface area (Å²) in [6.45, 7) is 5.31. The van der Waals surface area contributed by atoms with Gasteiger partial charge >= 0.3 is 5.97 Å². The molecule has 5 heteroatoms. The van der Waals surface area contributed by atoms with Gasteiger partial charge in [-0.2, -0.15) is 0 Å². The quantitative estimate of drug-likeness (QED) is 0.633. The molecule has 1 fully saturated rings. The Morgan fingerprint density at radius 3 is 2.67 bits per heavy atom. The van der Waals surface area contributed by atoms with Gasteiger partial charge in [0.05, 0.1) is 18.6 Å². The molecule has 86 valence electrons. The minimum atomic E-state index is -0.751. The third-order valence-corrected chi connectivity index (χ3v) is 2.75. The van der Waals surface area contributed by atoms with Gasteiger partial charge in [0, 0.05) is 5.92 Å². The molecule has 15 heavy (non-hydrogen) atoms. The maximum atomic E-state index is 11.5. The van der Waals surface area contributed by atoms with Crippen molar-refractivity contribution in [2.45, 2.75) is 32.9 Å². The highest BCUT2D eigenvalue weighted by molar-refractivity contribution is 5.90. The van der Waals surface area contributed by atoms with Crippen molar-refractivity contribution in [2.24, 2.45) is 11.8 Å². The van der Waals surface area contributed by atoms with Gasteiger partial charge in [-0.05, 0) is 13.8 Å². The predicted molar refractivity (Wildman–Crippen MR) is 52.9 cm³/mol. The topological polar surface area (TPSA) is 75.6 Å². The second-order valence-corrected chi connectivity index (χ2v) is 3.86. The molecule has 0 aliphatic carbocycles. The molecule has 2 N–H and O–H groups in total. The molecule has 0 radical (unpaired) electrons. The fraction of sp³-hybridized carbons (Fsp3) is 0.800. The first-order valence-electron chi connectivity index (χ1n) is 5.14. The van der Waals surface area contributed by atoms with E-state index in [1.807, 2.05) is 0 Å². The molecular weight excluding hydrogens is 198 g/mol. The van der Waals surface area contributed by atoms with Gasteiger partial charge in [0.2, 0.25) is 5.91 Å². The molecule has 0 bridgehead atoms. The molecule has 5 nitrogen and oxygen atoms in total. The van der Waals surface area contributed by atoms with E-state index >= 15 is 0 Å². The van der Waals surface area contributed by atoms with Crippen molar-refractivity contribution >= 4 is 11.9 Å². The molecular formula is C10H17NO4. The second-order valence-electron chi connectivity index (χ2n) is 3.86. The maximum Gasteiger partial charge on any atom is 0.328 e. The van der Waals surface area contributed by atoms with Crippen molar-refractivity contribution in [3.8, 4) is 0 Å². The van der Waals surface area contributed by atoms with Gasteiger partial charge in [0.1, 0.15) is 6.04 Å². The summed E-state index contributed by atoms with van der Waals surface area (Å²) < 4.78 is 4.84. The molecule has 1 rings (SSSR count). The van der Waals surface area contributed by atoms with E-state index in [0.29, 0.717) is 0 Å². The summed E-state index contributed by atoms with van der Waals surface area (Å²) in [6.07, 6.45) is -0.751. The van der Waals surface area contributed by atoms with E-state index in [2.05, 4.69) is 5.32 Å². The Labute approximate surface area is 88.8 Å². The van der Waals surface area contributed by atoms with Crippen molar-refractivity contribution in [2.75, 3.05) is 6.61 Å². The number of carbonyl (C=O) groups is 2. The predicted octanol–water partition coefficient (Wildman–Crippen LogP) is -0.319. The molecule has 0 saturated carbocycles. The standard InChI is InChI=1S/C10H17NO4/c1-4-15-10(14)8-5(2)7(6(3)12)9(13)11-8/h5-8,12H,4H2,1-3H3,(H,11,13)/t5-,6+,7+,8-/m0/s1. The molecule has 0 unspecified atom stereocenters. The van der Waals surface area contributed by atoms with Crippen molar-refractivity contribution in [3.05, 3.63) is 0 Å². The number of carbonyl (C=O) groups excluding carboxylic acids is 2. The minimum absolute atomic E-state index is 0.239. The molecule has 0 spiro atoms. The Balaban J connectivity index is 2.72. The van der Waals surface area contributed by atoms with Crippen LogP contribution in [0.3, 0.4) is 0 Å². The van der Waals surface area contributed by atoms with Gasteiger partial charge in [0.25, 0.3) is 0 Å². The van der Waals surface area contributed by atoms with Crippen molar-refractivity contribution in [3.63, 3.8) is 0 Å². The SMILES string of the molecule is CCOC(=O)[C@H]1NC(=O)[C@@H]([C@@H](C)O)[C@@H]1C. The molecule has 1 heterocycles. The molecule has 4 atom stereocenters. The van der Waals surface area contributed by atoms with E-state index in [-0.39, 0.29) is 18.4 Å². The average molecular weight is 215 g/mol. The van der Waals surface area contributed by atoms with Crippen LogP contribution in [0.4, 0.5) is 0 Å². The number of rotatable bonds is 3. The number of esters is 1. The van der Waals surface area contributed by atoms with Crippen molar-refractivity contribution < 1.29 is 19.4 Å². The van der Waals surface area contributed by atoms with E-state index in [1.54, 1.807) is 20.8 Å². The molecule has 1 aliphatic rings. The fourth-order valence-corrected chi connectivity index (χ4v) is 1.99. The number of hydrogen-bond acceptors (Lipinski definition) is 4. The van der Waals surface area contributed by atoms with E-state index < -0.39 is 24.0 Å². The minimum Gasteiger partial charge on any atom is -0.464 e. The zero-order valence-corrected chi connectivity index (χ0v) is 9.19. The van der Waals surface area contributed by atoms with Crippen LogP contribution in [-0.2, 0) is 14.3 Å². The third kappa shape index (κ3) is 2.28. The Bertz CT molecular complexity index is 264. The van der Waals surface area contributed by atoms with Gasteiger partial charge in [-0.15, -0.1) is 0 Å². The Hall–Kier alpha value is -1.10. The smallest absolute Gasteiger partial charge is 0.328 e.